The summed E-state index contributed by atoms with van der Waals surface area (Å²) in [6, 6.07) is 6.64. The van der Waals surface area contributed by atoms with Gasteiger partial charge < -0.3 is 29.5 Å². The summed E-state index contributed by atoms with van der Waals surface area (Å²) in [4.78, 5) is 29.6. The highest BCUT2D eigenvalue weighted by molar-refractivity contribution is 6.47. The maximum atomic E-state index is 13.2. The van der Waals surface area contributed by atoms with Crippen molar-refractivity contribution in [3.63, 3.8) is 0 Å². The summed E-state index contributed by atoms with van der Waals surface area (Å²) in [7, 11) is 6.54. The van der Waals surface area contributed by atoms with E-state index in [0.29, 0.717) is 18.5 Å². The number of phenols is 1. The van der Waals surface area contributed by atoms with E-state index in [1.807, 2.05) is 19.0 Å². The minimum Gasteiger partial charge on any atom is -0.508 e. The highest BCUT2D eigenvalue weighted by atomic mass is 35.5. The molecule has 0 aromatic heterocycles. The molecule has 8 nitrogen and oxygen atoms in total. The molecule has 1 saturated heterocycles. The Morgan fingerprint density at radius 2 is 1.79 bits per heavy atom. The molecule has 182 valence electrons. The number of hydrogen-bond donors (Lipinski definition) is 2. The monoisotopic (exact) mass is 508 g/mol. The van der Waals surface area contributed by atoms with E-state index in [1.54, 1.807) is 12.1 Å². The number of aromatic hydroxyl groups is 1. The number of aliphatic hydroxyl groups is 1. The maximum absolute atomic E-state index is 13.2. The molecule has 0 aliphatic carbocycles. The second-order valence-corrected chi connectivity index (χ2v) is 8.82. The van der Waals surface area contributed by atoms with Gasteiger partial charge >= 0.3 is 0 Å². The molecule has 0 spiro atoms. The first-order valence-electron chi connectivity index (χ1n) is 10.4. The summed E-state index contributed by atoms with van der Waals surface area (Å²) in [6.07, 6.45) is 0.596. The Morgan fingerprint density at radius 1 is 1.12 bits per heavy atom. The van der Waals surface area contributed by atoms with Crippen molar-refractivity contribution in [2.75, 3.05) is 41.4 Å². The van der Waals surface area contributed by atoms with Crippen molar-refractivity contribution in [3.8, 4) is 17.2 Å². The van der Waals surface area contributed by atoms with Crippen LogP contribution >= 0.6 is 23.2 Å². The molecular weight excluding hydrogens is 483 g/mol. The molecule has 1 aliphatic heterocycles. The smallest absolute Gasteiger partial charge is 0.295 e. The number of carbonyl (C=O) groups is 2. The standard InChI is InChI=1S/C24H26Cl2N2O6/c1-27(2)9-6-10-28-19(13-7-5-8-14(29)11-13)17(21(31)24(28)32)20(30)15-12-16(25)23(34-4)18(26)22(15)33-3/h5,7-8,11-12,19,29-30H,6,9-10H2,1-4H3/b20-17+. The number of aliphatic hydroxyl groups excluding tert-OH is 1. The van der Waals surface area contributed by atoms with Gasteiger partial charge in [0, 0.05) is 6.54 Å². The molecule has 1 aliphatic rings. The number of likely N-dealkylation sites (tertiary alicyclic amines) is 1. The fourth-order valence-electron chi connectivity index (χ4n) is 4.00. The Hall–Kier alpha value is -2.94. The number of nitrogens with zero attached hydrogens (tertiary/aromatic N) is 2. The van der Waals surface area contributed by atoms with E-state index in [0.717, 1.165) is 0 Å². The molecule has 10 heteroatoms. The fourth-order valence-corrected chi connectivity index (χ4v) is 4.69. The van der Waals surface area contributed by atoms with Gasteiger partial charge in [-0.15, -0.1) is 0 Å². The fraction of sp³-hybridized carbons (Fsp3) is 0.333. The molecule has 2 aromatic carbocycles. The van der Waals surface area contributed by atoms with Crippen molar-refractivity contribution < 1.29 is 29.3 Å². The van der Waals surface area contributed by atoms with Crippen LogP contribution in [0, 0.1) is 0 Å². The molecule has 1 heterocycles. The topological polar surface area (TPSA) is 99.5 Å². The van der Waals surface area contributed by atoms with Gasteiger partial charge in [-0.2, -0.15) is 0 Å². The molecule has 0 radical (unpaired) electrons. The zero-order chi connectivity index (χ0) is 25.2. The van der Waals surface area contributed by atoms with Gasteiger partial charge in [0.2, 0.25) is 0 Å². The molecule has 1 unspecified atom stereocenters. The van der Waals surface area contributed by atoms with Crippen molar-refractivity contribution in [1.29, 1.82) is 0 Å². The number of amides is 1. The van der Waals surface area contributed by atoms with Crippen molar-refractivity contribution in [3.05, 3.63) is 57.1 Å². The SMILES string of the molecule is COc1c(Cl)cc(/C(O)=C2\C(=O)C(=O)N(CCCN(C)C)C2c2cccc(O)c2)c(OC)c1Cl. The highest BCUT2D eigenvalue weighted by Crippen LogP contribution is 2.47. The third kappa shape index (κ3) is 4.80. The molecule has 0 saturated carbocycles. The Labute approximate surface area is 207 Å². The minimum absolute atomic E-state index is 0.00756. The lowest BCUT2D eigenvalue weighted by molar-refractivity contribution is -0.139. The van der Waals surface area contributed by atoms with E-state index in [4.69, 9.17) is 32.7 Å². The number of ether oxygens (including phenoxy) is 2. The molecule has 1 atom stereocenters. The van der Waals surface area contributed by atoms with Crippen LogP contribution < -0.4 is 9.47 Å². The van der Waals surface area contributed by atoms with E-state index in [1.165, 1.54) is 37.3 Å². The van der Waals surface area contributed by atoms with Crippen LogP contribution in [0.4, 0.5) is 0 Å². The average Bonchev–Trinajstić information content (AvgIpc) is 3.03. The average molecular weight is 509 g/mol. The molecule has 0 bridgehead atoms. The van der Waals surface area contributed by atoms with Crippen LogP contribution in [0.3, 0.4) is 0 Å². The molecule has 1 amide bonds. The summed E-state index contributed by atoms with van der Waals surface area (Å²) in [5.74, 6) is -1.96. The summed E-state index contributed by atoms with van der Waals surface area (Å²) >= 11 is 12.7. The van der Waals surface area contributed by atoms with Crippen molar-refractivity contribution in [2.24, 2.45) is 0 Å². The molecular formula is C24H26Cl2N2O6. The molecule has 2 N–H and O–H groups in total. The van der Waals surface area contributed by atoms with Gasteiger partial charge in [-0.25, -0.2) is 0 Å². The van der Waals surface area contributed by atoms with E-state index < -0.39 is 23.5 Å². The van der Waals surface area contributed by atoms with Crippen LogP contribution in [0.25, 0.3) is 5.76 Å². The first-order valence-corrected chi connectivity index (χ1v) is 11.2. The highest BCUT2D eigenvalue weighted by Gasteiger charge is 2.46. The lowest BCUT2D eigenvalue weighted by atomic mass is 9.94. The van der Waals surface area contributed by atoms with Crippen LogP contribution in [0.2, 0.25) is 10.0 Å². The first kappa shape index (κ1) is 25.7. The van der Waals surface area contributed by atoms with Crippen molar-refractivity contribution in [2.45, 2.75) is 12.5 Å². The quantitative estimate of drug-likeness (QED) is 0.314. The lowest BCUT2D eigenvalue weighted by Crippen LogP contribution is -2.32. The third-order valence-corrected chi connectivity index (χ3v) is 6.15. The van der Waals surface area contributed by atoms with Gasteiger partial charge in [0.05, 0.1) is 36.4 Å². The van der Waals surface area contributed by atoms with Crippen molar-refractivity contribution >= 4 is 40.7 Å². The number of methoxy groups -OCH3 is 2. The van der Waals surface area contributed by atoms with Crippen LogP contribution in [0.5, 0.6) is 17.2 Å². The first-order chi connectivity index (χ1) is 16.1. The van der Waals surface area contributed by atoms with E-state index in [9.17, 15) is 19.8 Å². The third-order valence-electron chi connectivity index (χ3n) is 5.52. The zero-order valence-electron chi connectivity index (χ0n) is 19.3. The number of Topliss-reactive ketones (excluding diaryl/α,β-unsaturated/α-hetero) is 1. The minimum atomic E-state index is -0.932. The number of hydrogen-bond acceptors (Lipinski definition) is 7. The van der Waals surface area contributed by atoms with Gasteiger partial charge in [0.1, 0.15) is 16.5 Å². The van der Waals surface area contributed by atoms with Gasteiger partial charge in [0.25, 0.3) is 11.7 Å². The maximum Gasteiger partial charge on any atom is 0.295 e. The lowest BCUT2D eigenvalue weighted by Gasteiger charge is -2.26. The predicted octanol–water partition coefficient (Wildman–Crippen LogP) is 4.09. The Balaban J connectivity index is 2.23. The van der Waals surface area contributed by atoms with E-state index >= 15 is 0 Å². The Kier molecular flexibility index (Phi) is 7.97. The summed E-state index contributed by atoms with van der Waals surface area (Å²) in [5, 5.41) is 21.5. The van der Waals surface area contributed by atoms with Gasteiger partial charge in [-0.3, -0.25) is 9.59 Å². The largest absolute Gasteiger partial charge is 0.508 e. The summed E-state index contributed by atoms with van der Waals surface area (Å²) in [5.41, 5.74) is 0.348. The van der Waals surface area contributed by atoms with Gasteiger partial charge in [0.15, 0.2) is 11.5 Å². The summed E-state index contributed by atoms with van der Waals surface area (Å²) < 4.78 is 10.6. The molecule has 2 aromatic rings. The second kappa shape index (κ2) is 10.5. The van der Waals surface area contributed by atoms with Crippen LogP contribution in [0.15, 0.2) is 35.9 Å². The molecule has 34 heavy (non-hydrogen) atoms. The number of benzene rings is 2. The number of halogens is 2. The van der Waals surface area contributed by atoms with Crippen LogP contribution in [-0.4, -0.2) is 73.1 Å². The second-order valence-electron chi connectivity index (χ2n) is 8.03. The zero-order valence-corrected chi connectivity index (χ0v) is 20.8. The van der Waals surface area contributed by atoms with E-state index in [2.05, 4.69) is 0 Å². The van der Waals surface area contributed by atoms with Gasteiger partial charge in [-0.1, -0.05) is 35.3 Å². The number of rotatable bonds is 8. The van der Waals surface area contributed by atoms with Crippen LogP contribution in [-0.2, 0) is 9.59 Å². The number of phenolic OH excluding ortho intramolecular Hbond substituents is 1. The number of carbonyl (C=O) groups excluding carboxylic acids is 2. The number of ketones is 1. The Bertz CT molecular complexity index is 1150. The van der Waals surface area contributed by atoms with Crippen molar-refractivity contribution in [1.82, 2.24) is 9.80 Å². The van der Waals surface area contributed by atoms with Crippen LogP contribution in [0.1, 0.15) is 23.6 Å². The summed E-state index contributed by atoms with van der Waals surface area (Å²) in [6.45, 7) is 0.953. The molecule has 1 fully saturated rings. The van der Waals surface area contributed by atoms with E-state index in [-0.39, 0.29) is 45.0 Å². The Morgan fingerprint density at radius 3 is 2.38 bits per heavy atom. The normalized spacial score (nSPS) is 17.5. The predicted molar refractivity (Wildman–Crippen MR) is 130 cm³/mol. The van der Waals surface area contributed by atoms with Gasteiger partial charge in [-0.05, 0) is 50.8 Å². The molecule has 3 rings (SSSR count).